The van der Waals surface area contributed by atoms with Crippen molar-refractivity contribution in [3.8, 4) is 0 Å². The molecule has 232 valence electrons. The zero-order chi connectivity index (χ0) is 29.1. The number of hydrogen-bond donors (Lipinski definition) is 12. The number of rotatable bonds is 10. The number of aliphatic hydroxyl groups is 5. The molecule has 16 heteroatoms. The summed E-state index contributed by atoms with van der Waals surface area (Å²) in [4.78, 5) is 12.6. The van der Waals surface area contributed by atoms with Crippen LogP contribution in [-0.2, 0) is 19.0 Å². The zero-order valence-electron chi connectivity index (χ0n) is 22.5. The van der Waals surface area contributed by atoms with Gasteiger partial charge in [0.1, 0.15) is 30.5 Å². The molecule has 16 N–H and O–H groups in total. The van der Waals surface area contributed by atoms with Crippen molar-refractivity contribution in [2.24, 2.45) is 28.9 Å². The largest absolute Gasteiger partial charge is 0.394 e. The van der Waals surface area contributed by atoms with Crippen molar-refractivity contribution >= 4 is 5.91 Å². The Bertz CT molecular complexity index is 828. The lowest BCUT2D eigenvalue weighted by molar-refractivity contribution is -0.306. The molecule has 1 aliphatic carbocycles. The highest BCUT2D eigenvalue weighted by Gasteiger charge is 2.53. The van der Waals surface area contributed by atoms with Crippen LogP contribution < -0.4 is 38.9 Å². The molecule has 0 bridgehead atoms. The summed E-state index contributed by atoms with van der Waals surface area (Å²) in [6, 6.07) is -2.68. The van der Waals surface area contributed by atoms with Crippen molar-refractivity contribution in [3.05, 3.63) is 0 Å². The van der Waals surface area contributed by atoms with E-state index in [2.05, 4.69) is 16.0 Å². The van der Waals surface area contributed by atoms with Gasteiger partial charge in [-0.1, -0.05) is 0 Å². The molecule has 1 amide bonds. The summed E-state index contributed by atoms with van der Waals surface area (Å²) in [7, 11) is 0. The summed E-state index contributed by atoms with van der Waals surface area (Å²) in [6.07, 6.45) is -8.66. The molecule has 0 spiro atoms. The minimum absolute atomic E-state index is 0.126. The normalized spacial score (nSPS) is 45.5. The van der Waals surface area contributed by atoms with Gasteiger partial charge in [0.05, 0.1) is 37.0 Å². The van der Waals surface area contributed by atoms with Gasteiger partial charge >= 0.3 is 0 Å². The molecule has 0 radical (unpaired) electrons. The lowest BCUT2D eigenvalue weighted by Crippen LogP contribution is -2.70. The van der Waals surface area contributed by atoms with E-state index >= 15 is 0 Å². The molecule has 16 nitrogen and oxygen atoms in total. The van der Waals surface area contributed by atoms with Gasteiger partial charge in [-0.2, -0.15) is 0 Å². The van der Waals surface area contributed by atoms with Crippen molar-refractivity contribution in [1.82, 2.24) is 16.0 Å². The van der Waals surface area contributed by atoms with Gasteiger partial charge in [-0.3, -0.25) is 4.79 Å². The third kappa shape index (κ3) is 6.76. The van der Waals surface area contributed by atoms with E-state index in [1.54, 1.807) is 0 Å². The third-order valence-corrected chi connectivity index (χ3v) is 8.65. The van der Waals surface area contributed by atoms with E-state index in [0.717, 1.165) is 25.9 Å². The Morgan fingerprint density at radius 3 is 2.38 bits per heavy atom. The number of ether oxygens (including phenoxy) is 3. The van der Waals surface area contributed by atoms with Gasteiger partial charge < -0.3 is 78.6 Å². The van der Waals surface area contributed by atoms with Crippen LogP contribution in [0.4, 0.5) is 0 Å². The van der Waals surface area contributed by atoms with Crippen LogP contribution in [0.1, 0.15) is 19.3 Å². The van der Waals surface area contributed by atoms with Crippen molar-refractivity contribution in [2.75, 3.05) is 32.8 Å². The van der Waals surface area contributed by atoms with Crippen LogP contribution in [-0.4, -0.2) is 150 Å². The predicted molar refractivity (Wildman–Crippen MR) is 140 cm³/mol. The highest BCUT2D eigenvalue weighted by molar-refractivity contribution is 5.81. The number of nitrogens with two attached hydrogens (primary N) is 4. The summed E-state index contributed by atoms with van der Waals surface area (Å²) in [5.41, 5.74) is 24.0. The first-order valence-electron chi connectivity index (χ1n) is 14.1. The maximum absolute atomic E-state index is 12.6. The summed E-state index contributed by atoms with van der Waals surface area (Å²) in [5, 5.41) is 61.8. The third-order valence-electron chi connectivity index (χ3n) is 8.65. The second-order valence-corrected chi connectivity index (χ2v) is 11.4. The Balaban J connectivity index is 1.60. The fourth-order valence-electron chi connectivity index (χ4n) is 6.15. The van der Waals surface area contributed by atoms with Crippen LogP contribution in [0.15, 0.2) is 0 Å². The van der Waals surface area contributed by atoms with Gasteiger partial charge in [-0.25, -0.2) is 0 Å². The van der Waals surface area contributed by atoms with Crippen molar-refractivity contribution < 1.29 is 44.5 Å². The van der Waals surface area contributed by atoms with E-state index in [0.29, 0.717) is 6.54 Å². The standard InChI is InChI=1S/C24H47N7O9/c25-4-10-1-2-12(30-9-6-29-7-9)21(38-10)16-11(27)3-13(31-23(37)14(33)5-26)22(19(16)35)40-24-20(36)17(28)18(34)15(8-32)39-24/h9-22,24,29-30,32-36H,1-8,25-28H2,(H,31,37)/t10-,11-,12+,13+,14-,15+,16?,17-,18+,19-,20+,21-,22-,24+/m0/s1. The summed E-state index contributed by atoms with van der Waals surface area (Å²) < 4.78 is 18.1. The molecule has 14 atom stereocenters. The fourth-order valence-corrected chi connectivity index (χ4v) is 6.15. The van der Waals surface area contributed by atoms with E-state index in [1.165, 1.54) is 0 Å². The number of hydrogen-bond acceptors (Lipinski definition) is 15. The van der Waals surface area contributed by atoms with Gasteiger partial charge in [0.25, 0.3) is 0 Å². The van der Waals surface area contributed by atoms with Gasteiger partial charge in [0.15, 0.2) is 6.29 Å². The molecule has 1 saturated carbocycles. The van der Waals surface area contributed by atoms with Gasteiger partial charge in [0.2, 0.25) is 5.91 Å². The van der Waals surface area contributed by atoms with Crippen LogP contribution in [0.25, 0.3) is 0 Å². The zero-order valence-corrected chi connectivity index (χ0v) is 22.5. The summed E-state index contributed by atoms with van der Waals surface area (Å²) in [5.74, 6) is -1.45. The highest BCUT2D eigenvalue weighted by Crippen LogP contribution is 2.37. The van der Waals surface area contributed by atoms with E-state index < -0.39 is 85.6 Å². The number of aliphatic hydroxyl groups excluding tert-OH is 5. The van der Waals surface area contributed by atoms with Crippen LogP contribution in [0.2, 0.25) is 0 Å². The number of nitrogens with one attached hydrogen (secondary N) is 3. The lowest BCUT2D eigenvalue weighted by Gasteiger charge is -2.52. The Kier molecular flexibility index (Phi) is 11.1. The molecular formula is C24H47N7O9. The highest BCUT2D eigenvalue weighted by atomic mass is 16.7. The van der Waals surface area contributed by atoms with Gasteiger partial charge in [-0.15, -0.1) is 0 Å². The monoisotopic (exact) mass is 577 g/mol. The molecule has 0 aromatic rings. The second-order valence-electron chi connectivity index (χ2n) is 11.4. The fraction of sp³-hybridized carbons (Fsp3) is 0.958. The molecule has 0 aromatic carbocycles. The van der Waals surface area contributed by atoms with Crippen molar-refractivity contribution in [1.29, 1.82) is 0 Å². The van der Waals surface area contributed by atoms with Gasteiger partial charge in [-0.05, 0) is 19.3 Å². The molecule has 3 heterocycles. The minimum atomic E-state index is -1.52. The molecule has 4 aliphatic rings. The average Bonchev–Trinajstić information content (AvgIpc) is 2.92. The SMILES string of the molecule is NC[C@@H]1CC[C@@H](NC2CNC2)[C@@H](C2[C@@H](N)C[C@@H](NC(=O)[C@@H](O)CN)[C@H](O[C@H]3O[C@H](CO)[C@@H](O)[C@H](N)[C@H]3O)[C@H]2O)O1. The first-order chi connectivity index (χ1) is 19.1. The quantitative estimate of drug-likeness (QED) is 0.115. The van der Waals surface area contributed by atoms with Crippen molar-refractivity contribution in [3.63, 3.8) is 0 Å². The summed E-state index contributed by atoms with van der Waals surface area (Å²) in [6.45, 7) is 0.996. The van der Waals surface area contributed by atoms with E-state index in [4.69, 9.17) is 37.1 Å². The Hall–Kier alpha value is -1.09. The smallest absolute Gasteiger partial charge is 0.250 e. The van der Waals surface area contributed by atoms with E-state index in [9.17, 15) is 30.3 Å². The van der Waals surface area contributed by atoms with Crippen molar-refractivity contribution in [2.45, 2.75) is 105 Å². The minimum Gasteiger partial charge on any atom is -0.394 e. The van der Waals surface area contributed by atoms with Crippen LogP contribution >= 0.6 is 0 Å². The Morgan fingerprint density at radius 2 is 1.77 bits per heavy atom. The molecule has 4 rings (SSSR count). The predicted octanol–water partition coefficient (Wildman–Crippen LogP) is -6.91. The molecule has 3 aliphatic heterocycles. The molecule has 40 heavy (non-hydrogen) atoms. The first kappa shape index (κ1) is 31.8. The topological polar surface area (TPSA) is 286 Å². The number of carbonyl (C=O) groups excluding carboxylic acids is 1. The molecule has 4 fully saturated rings. The lowest BCUT2D eigenvalue weighted by atomic mass is 9.72. The van der Waals surface area contributed by atoms with Crippen LogP contribution in [0.3, 0.4) is 0 Å². The van der Waals surface area contributed by atoms with Crippen LogP contribution in [0.5, 0.6) is 0 Å². The van der Waals surface area contributed by atoms with E-state index in [1.807, 2.05) is 0 Å². The molecule has 0 aromatic heterocycles. The molecular weight excluding hydrogens is 530 g/mol. The number of carbonyl (C=O) groups is 1. The molecule has 3 saturated heterocycles. The summed E-state index contributed by atoms with van der Waals surface area (Å²) >= 11 is 0. The maximum atomic E-state index is 12.6. The van der Waals surface area contributed by atoms with E-state index in [-0.39, 0.29) is 31.2 Å². The second kappa shape index (κ2) is 13.9. The Labute approximate surface area is 233 Å². The first-order valence-corrected chi connectivity index (χ1v) is 14.1. The van der Waals surface area contributed by atoms with Crippen LogP contribution in [0, 0.1) is 5.92 Å². The Morgan fingerprint density at radius 1 is 1.05 bits per heavy atom. The molecule has 1 unspecified atom stereocenters. The average molecular weight is 578 g/mol. The van der Waals surface area contributed by atoms with Gasteiger partial charge in [0, 0.05) is 50.2 Å². The number of amides is 1. The maximum Gasteiger partial charge on any atom is 0.250 e.